The van der Waals surface area contributed by atoms with Crippen molar-refractivity contribution in [1.82, 2.24) is 20.4 Å². The standard InChI is InChI=1S/C30H39FN4O5/c1-20-23(11-8-12-26(20)36)28(38)33-24(17-21-9-4-2-5-10-21)27(37)30(40)35-19-22(31)18-25(35)29(39)32-13-16-34-14-6-3-7-15-34/h2,4-5,8-12,22,24-25,27,36-37H,3,6-7,13-19H2,1H3,(H,32,39)(H,33,38)/t22-,24-,25-,27-/m0/s1. The van der Waals surface area contributed by atoms with Crippen LogP contribution in [0.1, 0.15) is 47.2 Å². The van der Waals surface area contributed by atoms with Gasteiger partial charge in [-0.3, -0.25) is 14.4 Å². The van der Waals surface area contributed by atoms with E-state index in [1.807, 2.05) is 18.2 Å². The summed E-state index contributed by atoms with van der Waals surface area (Å²) in [6.45, 7) is 4.34. The maximum absolute atomic E-state index is 14.5. The first-order valence-electron chi connectivity index (χ1n) is 14.0. The number of nitrogens with zero attached hydrogens (tertiary/aromatic N) is 2. The highest BCUT2D eigenvalue weighted by Gasteiger charge is 2.43. The number of nitrogens with one attached hydrogen (secondary N) is 2. The number of rotatable bonds is 10. The third-order valence-corrected chi connectivity index (χ3v) is 7.81. The zero-order chi connectivity index (χ0) is 28.6. The van der Waals surface area contributed by atoms with Crippen molar-refractivity contribution in [2.45, 2.75) is 63.4 Å². The van der Waals surface area contributed by atoms with Crippen molar-refractivity contribution in [3.05, 3.63) is 65.2 Å². The topological polar surface area (TPSA) is 122 Å². The van der Waals surface area contributed by atoms with Crippen LogP contribution in [-0.2, 0) is 16.0 Å². The number of aliphatic hydroxyl groups is 1. The van der Waals surface area contributed by atoms with Crippen LogP contribution in [0.3, 0.4) is 0 Å². The fourth-order valence-electron chi connectivity index (χ4n) is 5.48. The number of phenolic OH excluding ortho intramolecular Hbond substituents is 1. The van der Waals surface area contributed by atoms with Crippen molar-refractivity contribution in [3.63, 3.8) is 0 Å². The molecule has 4 N–H and O–H groups in total. The highest BCUT2D eigenvalue weighted by atomic mass is 19.1. The Morgan fingerprint density at radius 2 is 1.77 bits per heavy atom. The van der Waals surface area contributed by atoms with E-state index < -0.39 is 42.1 Å². The van der Waals surface area contributed by atoms with E-state index in [0.29, 0.717) is 18.7 Å². The summed E-state index contributed by atoms with van der Waals surface area (Å²) < 4.78 is 14.5. The van der Waals surface area contributed by atoms with Crippen LogP contribution in [0.5, 0.6) is 5.75 Å². The third-order valence-electron chi connectivity index (χ3n) is 7.81. The van der Waals surface area contributed by atoms with Crippen LogP contribution in [0.4, 0.5) is 4.39 Å². The number of carbonyl (C=O) groups is 3. The lowest BCUT2D eigenvalue weighted by atomic mass is 9.98. The van der Waals surface area contributed by atoms with Gasteiger partial charge in [0.1, 0.15) is 18.0 Å². The Kier molecular flexibility index (Phi) is 10.1. The molecule has 0 unspecified atom stereocenters. The average Bonchev–Trinajstić information content (AvgIpc) is 3.36. The predicted molar refractivity (Wildman–Crippen MR) is 149 cm³/mol. The van der Waals surface area contributed by atoms with Crippen LogP contribution in [0, 0.1) is 6.92 Å². The maximum atomic E-state index is 14.5. The van der Waals surface area contributed by atoms with E-state index in [0.717, 1.165) is 36.4 Å². The Morgan fingerprint density at radius 3 is 2.50 bits per heavy atom. The summed E-state index contributed by atoms with van der Waals surface area (Å²) in [4.78, 5) is 43.0. The first-order valence-corrected chi connectivity index (χ1v) is 14.0. The van der Waals surface area contributed by atoms with Gasteiger partial charge in [-0.2, -0.15) is 0 Å². The van der Waals surface area contributed by atoms with E-state index in [-0.39, 0.29) is 30.7 Å². The van der Waals surface area contributed by atoms with Gasteiger partial charge in [0.2, 0.25) is 5.91 Å². The third kappa shape index (κ3) is 7.37. The number of hydrogen-bond acceptors (Lipinski definition) is 6. The van der Waals surface area contributed by atoms with Crippen molar-refractivity contribution in [3.8, 4) is 5.75 Å². The Morgan fingerprint density at radius 1 is 1.05 bits per heavy atom. The number of hydrogen-bond donors (Lipinski definition) is 4. The van der Waals surface area contributed by atoms with E-state index >= 15 is 0 Å². The molecule has 4 atom stereocenters. The minimum absolute atomic E-state index is 0.0518. The molecule has 0 aliphatic carbocycles. The lowest BCUT2D eigenvalue weighted by Crippen LogP contribution is -2.56. The summed E-state index contributed by atoms with van der Waals surface area (Å²) >= 11 is 0. The van der Waals surface area contributed by atoms with Gasteiger partial charge in [0.25, 0.3) is 11.8 Å². The number of likely N-dealkylation sites (tertiary alicyclic amines) is 2. The number of aliphatic hydroxyl groups excluding tert-OH is 1. The van der Waals surface area contributed by atoms with Crippen LogP contribution in [0.2, 0.25) is 0 Å². The zero-order valence-corrected chi connectivity index (χ0v) is 22.9. The number of carbonyl (C=O) groups excluding carboxylic acids is 3. The number of halogens is 1. The lowest BCUT2D eigenvalue weighted by Gasteiger charge is -2.30. The second-order valence-corrected chi connectivity index (χ2v) is 10.7. The minimum Gasteiger partial charge on any atom is -0.508 e. The van der Waals surface area contributed by atoms with E-state index in [9.17, 15) is 29.0 Å². The molecule has 40 heavy (non-hydrogen) atoms. The van der Waals surface area contributed by atoms with Gasteiger partial charge in [-0.1, -0.05) is 42.8 Å². The fraction of sp³-hybridized carbons (Fsp3) is 0.500. The van der Waals surface area contributed by atoms with E-state index in [1.165, 1.54) is 24.6 Å². The van der Waals surface area contributed by atoms with Gasteiger partial charge in [0.05, 0.1) is 12.6 Å². The van der Waals surface area contributed by atoms with Gasteiger partial charge in [-0.05, 0) is 57.0 Å². The smallest absolute Gasteiger partial charge is 0.254 e. The summed E-state index contributed by atoms with van der Waals surface area (Å²) in [5.41, 5.74) is 1.33. The fourth-order valence-corrected chi connectivity index (χ4v) is 5.48. The molecule has 0 saturated carbocycles. The Bertz CT molecular complexity index is 1170. The quantitative estimate of drug-likeness (QED) is 0.356. The normalized spacial score (nSPS) is 21.0. The SMILES string of the molecule is Cc1c(O)cccc1C(=O)N[C@@H](Cc1ccccc1)[C@H](O)C(=O)N1C[C@@H](F)C[C@H]1C(=O)NCCN1CCCCC1. The Balaban J connectivity index is 1.46. The molecule has 2 aliphatic heterocycles. The van der Waals surface area contributed by atoms with Crippen LogP contribution in [-0.4, -0.2) is 94.8 Å². The van der Waals surface area contributed by atoms with Gasteiger partial charge in [-0.25, -0.2) is 4.39 Å². The molecule has 3 amide bonds. The summed E-state index contributed by atoms with van der Waals surface area (Å²) in [5, 5.41) is 26.8. The highest BCUT2D eigenvalue weighted by molar-refractivity contribution is 5.97. The van der Waals surface area contributed by atoms with Crippen LogP contribution >= 0.6 is 0 Å². The van der Waals surface area contributed by atoms with E-state index in [4.69, 9.17) is 0 Å². The monoisotopic (exact) mass is 554 g/mol. The van der Waals surface area contributed by atoms with Crippen LogP contribution < -0.4 is 10.6 Å². The van der Waals surface area contributed by atoms with Gasteiger partial charge in [0, 0.05) is 30.6 Å². The van der Waals surface area contributed by atoms with Crippen molar-refractivity contribution in [2.24, 2.45) is 0 Å². The second kappa shape index (κ2) is 13.7. The molecule has 10 heteroatoms. The van der Waals surface area contributed by atoms with Crippen molar-refractivity contribution in [1.29, 1.82) is 0 Å². The lowest BCUT2D eigenvalue weighted by molar-refractivity contribution is -0.146. The number of phenols is 1. The molecule has 216 valence electrons. The molecule has 2 saturated heterocycles. The van der Waals surface area contributed by atoms with Crippen molar-refractivity contribution in [2.75, 3.05) is 32.7 Å². The van der Waals surface area contributed by atoms with E-state index in [2.05, 4.69) is 15.5 Å². The molecule has 4 rings (SSSR count). The summed E-state index contributed by atoms with van der Waals surface area (Å²) in [7, 11) is 0. The van der Waals surface area contributed by atoms with Crippen molar-refractivity contribution >= 4 is 17.7 Å². The first-order chi connectivity index (χ1) is 19.2. The minimum atomic E-state index is -1.73. The number of amides is 3. The number of benzene rings is 2. The van der Waals surface area contributed by atoms with Crippen molar-refractivity contribution < 1.29 is 29.0 Å². The van der Waals surface area contributed by atoms with Crippen LogP contribution in [0.15, 0.2) is 48.5 Å². The number of aromatic hydroxyl groups is 1. The van der Waals surface area contributed by atoms with Gasteiger partial charge >= 0.3 is 0 Å². The molecule has 0 spiro atoms. The van der Waals surface area contributed by atoms with Gasteiger partial charge < -0.3 is 30.6 Å². The van der Waals surface area contributed by atoms with Gasteiger partial charge in [0.15, 0.2) is 6.10 Å². The zero-order valence-electron chi connectivity index (χ0n) is 22.9. The van der Waals surface area contributed by atoms with Crippen LogP contribution in [0.25, 0.3) is 0 Å². The highest BCUT2D eigenvalue weighted by Crippen LogP contribution is 2.24. The molecule has 2 aromatic rings. The van der Waals surface area contributed by atoms with Gasteiger partial charge in [-0.15, -0.1) is 0 Å². The molecule has 2 heterocycles. The predicted octanol–water partition coefficient (Wildman–Crippen LogP) is 1.94. The summed E-state index contributed by atoms with van der Waals surface area (Å²) in [6.07, 6.45) is 0.324. The Hall–Kier alpha value is -3.50. The molecule has 2 fully saturated rings. The number of alkyl halides is 1. The molecule has 0 aromatic heterocycles. The second-order valence-electron chi connectivity index (χ2n) is 10.7. The molecule has 9 nitrogen and oxygen atoms in total. The molecule has 2 aliphatic rings. The van der Waals surface area contributed by atoms with E-state index in [1.54, 1.807) is 19.1 Å². The molecule has 0 bridgehead atoms. The maximum Gasteiger partial charge on any atom is 0.254 e. The molecular weight excluding hydrogens is 515 g/mol. The molecule has 2 aromatic carbocycles. The molecular formula is C30H39FN4O5. The molecule has 0 radical (unpaired) electrons. The summed E-state index contributed by atoms with van der Waals surface area (Å²) in [5.74, 6) is -1.89. The largest absolute Gasteiger partial charge is 0.508 e. The summed E-state index contributed by atoms with van der Waals surface area (Å²) in [6, 6.07) is 11.5. The first kappa shape index (κ1) is 29.5. The number of piperidine rings is 1. The Labute approximate surface area is 234 Å². The average molecular weight is 555 g/mol.